The molecule has 0 radical (unpaired) electrons. The Kier molecular flexibility index (Phi) is 4.56. The van der Waals surface area contributed by atoms with Gasteiger partial charge < -0.3 is 14.7 Å². The second kappa shape index (κ2) is 6.38. The molecule has 2 heterocycles. The first-order chi connectivity index (χ1) is 9.97. The molecule has 0 spiro atoms. The van der Waals surface area contributed by atoms with Crippen LogP contribution in [0.1, 0.15) is 30.2 Å². The maximum atomic E-state index is 12.0. The minimum absolute atomic E-state index is 0.0845. The van der Waals surface area contributed by atoms with Crippen LogP contribution in [0.15, 0.2) is 17.0 Å². The quantitative estimate of drug-likeness (QED) is 0.896. The molecule has 0 aliphatic carbocycles. The van der Waals surface area contributed by atoms with Crippen molar-refractivity contribution in [2.75, 3.05) is 13.6 Å². The number of rotatable bonds is 5. The van der Waals surface area contributed by atoms with Crippen LogP contribution < -0.4 is 5.32 Å². The highest BCUT2D eigenvalue weighted by Crippen LogP contribution is 2.09. The van der Waals surface area contributed by atoms with Crippen molar-refractivity contribution in [1.29, 1.82) is 0 Å². The maximum Gasteiger partial charge on any atom is 0.317 e. The third-order valence-corrected chi connectivity index (χ3v) is 3.14. The smallest absolute Gasteiger partial charge is 0.317 e. The fourth-order valence-corrected chi connectivity index (χ4v) is 2.09. The predicted molar refractivity (Wildman–Crippen MR) is 75.6 cm³/mol. The van der Waals surface area contributed by atoms with E-state index in [9.17, 15) is 4.79 Å². The van der Waals surface area contributed by atoms with Gasteiger partial charge in [0.15, 0.2) is 5.82 Å². The van der Waals surface area contributed by atoms with Crippen molar-refractivity contribution in [3.8, 4) is 0 Å². The molecule has 2 rings (SSSR count). The number of carbonyl (C=O) groups excluding carboxylic acids is 1. The van der Waals surface area contributed by atoms with E-state index in [0.717, 1.165) is 11.4 Å². The number of aromatic nitrogens is 4. The van der Waals surface area contributed by atoms with Crippen molar-refractivity contribution in [3.05, 3.63) is 29.7 Å². The molecule has 8 nitrogen and oxygen atoms in total. The van der Waals surface area contributed by atoms with Crippen LogP contribution in [-0.2, 0) is 6.54 Å². The first-order valence-electron chi connectivity index (χ1n) is 6.74. The summed E-state index contributed by atoms with van der Waals surface area (Å²) in [6.45, 7) is 6.76. The Bertz CT molecular complexity index is 592. The van der Waals surface area contributed by atoms with E-state index in [1.807, 2.05) is 31.5 Å². The summed E-state index contributed by atoms with van der Waals surface area (Å²) < 4.78 is 6.55. The van der Waals surface area contributed by atoms with Crippen LogP contribution in [0.3, 0.4) is 0 Å². The first-order valence-corrected chi connectivity index (χ1v) is 6.74. The van der Waals surface area contributed by atoms with E-state index in [1.165, 1.54) is 11.3 Å². The minimum Gasteiger partial charge on any atom is -0.343 e. The molecule has 0 fully saturated rings. The molecule has 2 amide bonds. The molecule has 0 aliphatic heterocycles. The summed E-state index contributed by atoms with van der Waals surface area (Å²) in [6, 6.07) is 1.91. The number of amides is 2. The Morgan fingerprint density at radius 1 is 1.52 bits per heavy atom. The fraction of sp³-hybridized carbons (Fsp3) is 0.538. The van der Waals surface area contributed by atoms with Crippen LogP contribution in [-0.4, -0.2) is 44.4 Å². The third kappa shape index (κ3) is 3.80. The van der Waals surface area contributed by atoms with Gasteiger partial charge in [-0.25, -0.2) is 4.79 Å². The topological polar surface area (TPSA) is 89.1 Å². The van der Waals surface area contributed by atoms with Gasteiger partial charge in [0.05, 0.1) is 18.3 Å². The summed E-state index contributed by atoms with van der Waals surface area (Å²) in [5, 5.41) is 11.0. The number of urea groups is 1. The normalized spacial score (nSPS) is 12.2. The number of nitrogens with zero attached hydrogens (tertiary/aromatic N) is 5. The summed E-state index contributed by atoms with van der Waals surface area (Å²) in [5.74, 6) is 0.472. The second-order valence-corrected chi connectivity index (χ2v) is 5.11. The highest BCUT2D eigenvalue weighted by molar-refractivity contribution is 5.73. The van der Waals surface area contributed by atoms with Crippen molar-refractivity contribution in [2.24, 2.45) is 0 Å². The monoisotopic (exact) mass is 292 g/mol. The van der Waals surface area contributed by atoms with E-state index >= 15 is 0 Å². The Morgan fingerprint density at radius 2 is 2.29 bits per heavy atom. The molecule has 0 aromatic carbocycles. The largest absolute Gasteiger partial charge is 0.343 e. The summed E-state index contributed by atoms with van der Waals surface area (Å²) in [6.07, 6.45) is 1.24. The van der Waals surface area contributed by atoms with Gasteiger partial charge in [-0.3, -0.25) is 4.68 Å². The number of nitrogens with one attached hydrogen (secondary N) is 1. The van der Waals surface area contributed by atoms with E-state index in [1.54, 1.807) is 7.05 Å². The molecule has 8 heteroatoms. The summed E-state index contributed by atoms with van der Waals surface area (Å²) >= 11 is 0. The van der Waals surface area contributed by atoms with Gasteiger partial charge in [-0.15, -0.1) is 0 Å². The predicted octanol–water partition coefficient (Wildman–Crippen LogP) is 1.29. The molecular weight excluding hydrogens is 272 g/mol. The van der Waals surface area contributed by atoms with Gasteiger partial charge in [0.1, 0.15) is 0 Å². The molecular formula is C13H20N6O2. The Morgan fingerprint density at radius 3 is 2.86 bits per heavy atom. The number of hydrogen-bond donors (Lipinski definition) is 1. The molecule has 0 saturated heterocycles. The van der Waals surface area contributed by atoms with Gasteiger partial charge in [0.2, 0.25) is 6.39 Å². The molecule has 2 aromatic heterocycles. The molecule has 21 heavy (non-hydrogen) atoms. The SMILES string of the molecule is Cc1cc(C)n(C(C)CNC(=O)N(C)Cc2ncon2)n1. The van der Waals surface area contributed by atoms with Gasteiger partial charge in [0, 0.05) is 19.3 Å². The molecule has 1 unspecified atom stereocenters. The Labute approximate surface area is 123 Å². The van der Waals surface area contributed by atoms with Gasteiger partial charge in [-0.05, 0) is 26.8 Å². The minimum atomic E-state index is -0.187. The number of hydrogen-bond acceptors (Lipinski definition) is 5. The van der Waals surface area contributed by atoms with Crippen LogP contribution in [0.4, 0.5) is 4.79 Å². The zero-order chi connectivity index (χ0) is 15.4. The summed E-state index contributed by atoms with van der Waals surface area (Å²) in [7, 11) is 1.68. The van der Waals surface area contributed by atoms with Crippen molar-refractivity contribution in [3.63, 3.8) is 0 Å². The fourth-order valence-electron chi connectivity index (χ4n) is 2.09. The van der Waals surface area contributed by atoms with Crippen molar-refractivity contribution >= 4 is 6.03 Å². The van der Waals surface area contributed by atoms with Gasteiger partial charge in [-0.1, -0.05) is 5.16 Å². The van der Waals surface area contributed by atoms with E-state index < -0.39 is 0 Å². The zero-order valence-corrected chi connectivity index (χ0v) is 12.7. The van der Waals surface area contributed by atoms with E-state index in [2.05, 4.69) is 25.1 Å². The third-order valence-electron chi connectivity index (χ3n) is 3.14. The van der Waals surface area contributed by atoms with Crippen LogP contribution in [0, 0.1) is 13.8 Å². The van der Waals surface area contributed by atoms with Crippen molar-refractivity contribution in [1.82, 2.24) is 30.1 Å². The van der Waals surface area contributed by atoms with E-state index in [0.29, 0.717) is 18.9 Å². The molecule has 0 bridgehead atoms. The molecule has 1 atom stereocenters. The maximum absolute atomic E-state index is 12.0. The second-order valence-electron chi connectivity index (χ2n) is 5.11. The molecule has 2 aromatic rings. The van der Waals surface area contributed by atoms with Gasteiger partial charge in [0.25, 0.3) is 0 Å². The van der Waals surface area contributed by atoms with Crippen LogP contribution in [0.2, 0.25) is 0 Å². The van der Waals surface area contributed by atoms with Crippen LogP contribution >= 0.6 is 0 Å². The lowest BCUT2D eigenvalue weighted by Gasteiger charge is -2.19. The highest BCUT2D eigenvalue weighted by Gasteiger charge is 2.14. The van der Waals surface area contributed by atoms with Crippen molar-refractivity contribution in [2.45, 2.75) is 33.4 Å². The zero-order valence-electron chi connectivity index (χ0n) is 12.7. The summed E-state index contributed by atoms with van der Waals surface area (Å²) in [5.41, 5.74) is 2.05. The Balaban J connectivity index is 1.84. The van der Waals surface area contributed by atoms with Gasteiger partial charge >= 0.3 is 6.03 Å². The first kappa shape index (κ1) is 15.0. The van der Waals surface area contributed by atoms with E-state index in [4.69, 9.17) is 0 Å². The lowest BCUT2D eigenvalue weighted by atomic mass is 10.3. The molecule has 0 saturated carbocycles. The molecule has 114 valence electrons. The average molecular weight is 292 g/mol. The van der Waals surface area contributed by atoms with E-state index in [-0.39, 0.29) is 12.1 Å². The standard InChI is InChI=1S/C13H20N6O2/c1-9-5-10(2)19(16-9)11(3)6-14-13(20)18(4)7-12-15-8-21-17-12/h5,8,11H,6-7H2,1-4H3,(H,14,20). The highest BCUT2D eigenvalue weighted by atomic mass is 16.5. The number of aryl methyl sites for hydroxylation is 2. The van der Waals surface area contributed by atoms with Gasteiger partial charge in [-0.2, -0.15) is 10.1 Å². The average Bonchev–Trinajstić information content (AvgIpc) is 3.05. The lowest BCUT2D eigenvalue weighted by Crippen LogP contribution is -2.39. The lowest BCUT2D eigenvalue weighted by molar-refractivity contribution is 0.203. The Hall–Kier alpha value is -2.38. The van der Waals surface area contributed by atoms with Crippen molar-refractivity contribution < 1.29 is 9.32 Å². The molecule has 1 N–H and O–H groups in total. The molecule has 0 aliphatic rings. The van der Waals surface area contributed by atoms with Crippen LogP contribution in [0.25, 0.3) is 0 Å². The summed E-state index contributed by atoms with van der Waals surface area (Å²) in [4.78, 5) is 17.4. The van der Waals surface area contributed by atoms with Crippen LogP contribution in [0.5, 0.6) is 0 Å². The number of carbonyl (C=O) groups is 1.